The minimum atomic E-state index is -0.508. The lowest BCUT2D eigenvalue weighted by atomic mass is 10.4. The summed E-state index contributed by atoms with van der Waals surface area (Å²) < 4.78 is 0.334. The second-order valence-corrected chi connectivity index (χ2v) is 4.84. The summed E-state index contributed by atoms with van der Waals surface area (Å²) in [7, 11) is 0. The third-order valence-electron chi connectivity index (χ3n) is 1.82. The summed E-state index contributed by atoms with van der Waals surface area (Å²) in [5.41, 5.74) is -0.936. The molecule has 6 heteroatoms. The molecule has 0 saturated carbocycles. The number of halogens is 1. The van der Waals surface area contributed by atoms with E-state index in [9.17, 15) is 9.59 Å². The fourth-order valence-electron chi connectivity index (χ4n) is 1.13. The smallest absolute Gasteiger partial charge is 0.301 e. The molecule has 1 aromatic carbocycles. The number of benzene rings is 1. The molecule has 0 aliphatic rings. The Labute approximate surface area is 103 Å². The second-order valence-electron chi connectivity index (χ2n) is 2.97. The lowest BCUT2D eigenvalue weighted by Gasteiger charge is -2.02. The van der Waals surface area contributed by atoms with E-state index in [0.717, 1.165) is 4.90 Å². The van der Waals surface area contributed by atoms with Crippen molar-refractivity contribution in [1.82, 2.24) is 9.97 Å². The summed E-state index contributed by atoms with van der Waals surface area (Å²) in [6, 6.07) is 9.48. The summed E-state index contributed by atoms with van der Waals surface area (Å²) in [5.74, 6) is 0. The molecule has 16 heavy (non-hydrogen) atoms. The van der Waals surface area contributed by atoms with Gasteiger partial charge in [0, 0.05) is 4.90 Å². The average molecular weight is 299 g/mol. The first-order valence-electron chi connectivity index (χ1n) is 4.42. The van der Waals surface area contributed by atoms with Gasteiger partial charge in [0.2, 0.25) is 0 Å². The zero-order valence-electron chi connectivity index (χ0n) is 7.99. The monoisotopic (exact) mass is 298 g/mol. The van der Waals surface area contributed by atoms with Crippen LogP contribution in [0.2, 0.25) is 0 Å². The topological polar surface area (TPSA) is 65.7 Å². The maximum Gasteiger partial charge on any atom is 0.326 e. The highest BCUT2D eigenvalue weighted by molar-refractivity contribution is 9.10. The molecule has 0 saturated heterocycles. The van der Waals surface area contributed by atoms with Crippen LogP contribution in [-0.4, -0.2) is 9.97 Å². The van der Waals surface area contributed by atoms with Crippen LogP contribution >= 0.6 is 27.7 Å². The normalized spacial score (nSPS) is 10.3. The Kier molecular flexibility index (Phi) is 3.31. The number of hydrogen-bond donors (Lipinski definition) is 2. The molecule has 1 aromatic heterocycles. The molecular formula is C10H7BrN2O2S. The number of hydrogen-bond acceptors (Lipinski definition) is 3. The van der Waals surface area contributed by atoms with Crippen molar-refractivity contribution < 1.29 is 0 Å². The first-order valence-corrected chi connectivity index (χ1v) is 6.03. The Morgan fingerprint density at radius 2 is 1.75 bits per heavy atom. The van der Waals surface area contributed by atoms with Gasteiger partial charge >= 0.3 is 5.69 Å². The fourth-order valence-corrected chi connectivity index (χ4v) is 2.42. The molecule has 0 radical (unpaired) electrons. The number of aromatic amines is 2. The molecular weight excluding hydrogens is 292 g/mol. The third-order valence-corrected chi connectivity index (χ3v) is 3.85. The van der Waals surface area contributed by atoms with E-state index in [0.29, 0.717) is 9.50 Å². The van der Waals surface area contributed by atoms with Crippen LogP contribution in [0.15, 0.2) is 54.3 Å². The predicted molar refractivity (Wildman–Crippen MR) is 65.9 cm³/mol. The molecule has 0 bridgehead atoms. The van der Waals surface area contributed by atoms with Gasteiger partial charge in [0.25, 0.3) is 5.56 Å². The fraction of sp³-hybridized carbons (Fsp3) is 0. The van der Waals surface area contributed by atoms with Crippen molar-refractivity contribution in [1.29, 1.82) is 0 Å². The number of nitrogens with one attached hydrogen (secondary N) is 2. The summed E-state index contributed by atoms with van der Waals surface area (Å²) in [6.07, 6.45) is 0. The lowest BCUT2D eigenvalue weighted by Crippen LogP contribution is -2.23. The van der Waals surface area contributed by atoms with Crippen molar-refractivity contribution >= 4 is 27.7 Å². The highest BCUT2D eigenvalue weighted by atomic mass is 79.9. The molecule has 1 heterocycles. The molecule has 0 atom stereocenters. The molecule has 2 rings (SSSR count). The number of H-pyrrole nitrogens is 2. The van der Waals surface area contributed by atoms with Crippen LogP contribution in [0.4, 0.5) is 0 Å². The Balaban J connectivity index is 2.43. The van der Waals surface area contributed by atoms with Crippen LogP contribution in [0, 0.1) is 0 Å². The number of aromatic nitrogens is 2. The van der Waals surface area contributed by atoms with Gasteiger partial charge in [-0.15, -0.1) is 0 Å². The molecule has 0 unspecified atom stereocenters. The Morgan fingerprint density at radius 1 is 1.06 bits per heavy atom. The molecule has 0 aliphatic carbocycles. The molecule has 0 fully saturated rings. The van der Waals surface area contributed by atoms with Gasteiger partial charge in [-0.2, -0.15) is 0 Å². The van der Waals surface area contributed by atoms with Crippen molar-refractivity contribution in [3.63, 3.8) is 0 Å². The predicted octanol–water partition coefficient (Wildman–Crippen LogP) is 1.98. The van der Waals surface area contributed by atoms with E-state index in [4.69, 9.17) is 0 Å². The van der Waals surface area contributed by atoms with E-state index < -0.39 is 11.2 Å². The van der Waals surface area contributed by atoms with Crippen LogP contribution < -0.4 is 11.2 Å². The quantitative estimate of drug-likeness (QED) is 0.833. The largest absolute Gasteiger partial charge is 0.326 e. The van der Waals surface area contributed by atoms with E-state index in [-0.39, 0.29) is 0 Å². The van der Waals surface area contributed by atoms with E-state index >= 15 is 0 Å². The minimum Gasteiger partial charge on any atom is -0.301 e. The van der Waals surface area contributed by atoms with E-state index in [1.54, 1.807) is 0 Å². The second kappa shape index (κ2) is 4.71. The van der Waals surface area contributed by atoms with Crippen molar-refractivity contribution in [2.45, 2.75) is 9.92 Å². The zero-order valence-corrected chi connectivity index (χ0v) is 10.4. The van der Waals surface area contributed by atoms with Gasteiger partial charge in [-0.3, -0.25) is 9.78 Å². The minimum absolute atomic E-state index is 0.334. The first-order chi connectivity index (χ1) is 7.66. The lowest BCUT2D eigenvalue weighted by molar-refractivity contribution is 0.931. The van der Waals surface area contributed by atoms with Gasteiger partial charge < -0.3 is 4.98 Å². The molecule has 2 aromatic rings. The van der Waals surface area contributed by atoms with E-state index in [1.807, 2.05) is 30.3 Å². The molecule has 0 amide bonds. The Bertz CT molecular complexity index is 606. The van der Waals surface area contributed by atoms with Crippen LogP contribution in [0.5, 0.6) is 0 Å². The standard InChI is InChI=1S/C10H7BrN2O2S/c11-7-8(14)12-10(15)13-9(7)16-6-4-2-1-3-5-6/h1-5H,(H2,12,13,14,15). The maximum absolute atomic E-state index is 11.3. The van der Waals surface area contributed by atoms with E-state index in [2.05, 4.69) is 25.9 Å². The van der Waals surface area contributed by atoms with Crippen LogP contribution in [0.25, 0.3) is 0 Å². The Morgan fingerprint density at radius 3 is 2.44 bits per heavy atom. The van der Waals surface area contributed by atoms with Gasteiger partial charge in [0.15, 0.2) is 0 Å². The zero-order chi connectivity index (χ0) is 11.5. The van der Waals surface area contributed by atoms with Crippen LogP contribution in [0.1, 0.15) is 0 Å². The van der Waals surface area contributed by atoms with E-state index in [1.165, 1.54) is 11.8 Å². The van der Waals surface area contributed by atoms with Crippen molar-refractivity contribution in [2.75, 3.05) is 0 Å². The van der Waals surface area contributed by atoms with Crippen molar-refractivity contribution in [3.05, 3.63) is 55.6 Å². The SMILES string of the molecule is O=c1[nH]c(Sc2ccccc2)c(Br)c(=O)[nH]1. The van der Waals surface area contributed by atoms with Gasteiger partial charge in [-0.25, -0.2) is 4.79 Å². The van der Waals surface area contributed by atoms with Crippen LogP contribution in [0.3, 0.4) is 0 Å². The molecule has 82 valence electrons. The summed E-state index contributed by atoms with van der Waals surface area (Å²) in [4.78, 5) is 28.1. The first kappa shape index (κ1) is 11.2. The highest BCUT2D eigenvalue weighted by Gasteiger charge is 2.07. The van der Waals surface area contributed by atoms with Crippen LogP contribution in [-0.2, 0) is 0 Å². The highest BCUT2D eigenvalue weighted by Crippen LogP contribution is 2.28. The molecule has 0 spiro atoms. The summed E-state index contributed by atoms with van der Waals surface area (Å²) >= 11 is 4.46. The molecule has 4 nitrogen and oxygen atoms in total. The van der Waals surface area contributed by atoms with Gasteiger partial charge in [-0.05, 0) is 28.1 Å². The van der Waals surface area contributed by atoms with Gasteiger partial charge in [-0.1, -0.05) is 30.0 Å². The van der Waals surface area contributed by atoms with Crippen molar-refractivity contribution in [2.24, 2.45) is 0 Å². The van der Waals surface area contributed by atoms with Gasteiger partial charge in [0.1, 0.15) is 9.50 Å². The maximum atomic E-state index is 11.3. The average Bonchev–Trinajstić information content (AvgIpc) is 2.27. The number of rotatable bonds is 2. The van der Waals surface area contributed by atoms with Crippen molar-refractivity contribution in [3.8, 4) is 0 Å². The summed E-state index contributed by atoms with van der Waals surface area (Å²) in [6.45, 7) is 0. The Hall–Kier alpha value is -1.27. The molecule has 0 aliphatic heterocycles. The third kappa shape index (κ3) is 2.45. The summed E-state index contributed by atoms with van der Waals surface area (Å²) in [5, 5.41) is 0.500. The van der Waals surface area contributed by atoms with Gasteiger partial charge in [0.05, 0.1) is 0 Å². The molecule has 2 N–H and O–H groups in total.